The van der Waals surface area contributed by atoms with E-state index >= 15 is 0 Å². The number of benzene rings is 1. The Morgan fingerprint density at radius 2 is 1.94 bits per heavy atom. The normalized spacial score (nSPS) is 23.1. The molecule has 3 aliphatic heterocycles. The van der Waals surface area contributed by atoms with Crippen molar-refractivity contribution in [3.63, 3.8) is 0 Å². The smallest absolute Gasteiger partial charge is 0.357 e. The number of carbonyl (C=O) groups is 2. The standard InChI is InChI=1S/C21H21BrCl3N3O5S/c22-10-14(27-6-8-31-9-7-27)17(20(30)33-12-21(23,24)25)28-18(29)16-19(28)34-15(26-16)11-32-13-4-2-1-3-5-13/h1-5,16,19H,6-12H2. The van der Waals surface area contributed by atoms with Crippen LogP contribution in [0.3, 0.4) is 0 Å². The molecule has 0 radical (unpaired) electrons. The number of likely N-dealkylation sites (tertiary alicyclic amines) is 1. The topological polar surface area (TPSA) is 80.7 Å². The van der Waals surface area contributed by atoms with Crippen molar-refractivity contribution in [3.8, 4) is 5.75 Å². The molecule has 4 rings (SSSR count). The lowest BCUT2D eigenvalue weighted by atomic mass is 10.1. The molecule has 8 nitrogen and oxygen atoms in total. The molecule has 3 aliphatic rings. The zero-order valence-corrected chi connectivity index (χ0v) is 22.5. The van der Waals surface area contributed by atoms with Crippen molar-refractivity contribution in [2.75, 3.05) is 44.8 Å². The fourth-order valence-electron chi connectivity index (χ4n) is 3.68. The molecule has 1 aromatic carbocycles. The van der Waals surface area contributed by atoms with E-state index in [9.17, 15) is 9.59 Å². The van der Waals surface area contributed by atoms with Crippen LogP contribution in [0.4, 0.5) is 0 Å². The first-order chi connectivity index (χ1) is 16.3. The summed E-state index contributed by atoms with van der Waals surface area (Å²) in [5, 5.41) is 0.616. The van der Waals surface area contributed by atoms with Gasteiger partial charge in [0.25, 0.3) is 5.91 Å². The van der Waals surface area contributed by atoms with E-state index < -0.39 is 22.4 Å². The van der Waals surface area contributed by atoms with Crippen molar-refractivity contribution in [1.29, 1.82) is 0 Å². The molecule has 34 heavy (non-hydrogen) atoms. The highest BCUT2D eigenvalue weighted by molar-refractivity contribution is 9.09. The number of nitrogens with zero attached hydrogens (tertiary/aromatic N) is 3. The Morgan fingerprint density at radius 3 is 2.59 bits per heavy atom. The largest absolute Gasteiger partial charge is 0.487 e. The van der Waals surface area contributed by atoms with E-state index in [4.69, 9.17) is 49.0 Å². The third-order valence-electron chi connectivity index (χ3n) is 5.25. The highest BCUT2D eigenvalue weighted by Crippen LogP contribution is 2.43. The SMILES string of the molecule is O=C(OCC(Cl)(Cl)Cl)C(=C(CBr)N1CCOCC1)N1C(=O)C2N=C(COc3ccccc3)SC21. The van der Waals surface area contributed by atoms with Gasteiger partial charge in [0.1, 0.15) is 29.4 Å². The van der Waals surface area contributed by atoms with Gasteiger partial charge in [-0.15, -0.1) is 0 Å². The minimum absolute atomic E-state index is 0.118. The summed E-state index contributed by atoms with van der Waals surface area (Å²) in [7, 11) is 0. The molecule has 0 aliphatic carbocycles. The molecule has 0 saturated carbocycles. The summed E-state index contributed by atoms with van der Waals surface area (Å²) in [6.45, 7) is 1.93. The van der Waals surface area contributed by atoms with Crippen molar-refractivity contribution in [3.05, 3.63) is 41.7 Å². The van der Waals surface area contributed by atoms with E-state index in [1.165, 1.54) is 16.7 Å². The number of ether oxygens (including phenoxy) is 3. The summed E-state index contributed by atoms with van der Waals surface area (Å²) in [5.41, 5.74) is 0.728. The predicted octanol–water partition coefficient (Wildman–Crippen LogP) is 3.60. The van der Waals surface area contributed by atoms with Crippen LogP contribution < -0.4 is 4.74 Å². The number of thioether (sulfide) groups is 1. The number of morpholine rings is 1. The number of β-lactam (4-membered cyclic amide) rings is 1. The Bertz CT molecular complexity index is 986. The minimum Gasteiger partial charge on any atom is -0.487 e. The van der Waals surface area contributed by atoms with Crippen molar-refractivity contribution in [2.45, 2.75) is 15.2 Å². The third-order valence-corrected chi connectivity index (χ3v) is 7.32. The number of fused-ring (bicyclic) bond motifs is 1. The number of carbonyl (C=O) groups excluding carboxylic acids is 2. The lowest BCUT2D eigenvalue weighted by Crippen LogP contribution is -2.62. The predicted molar refractivity (Wildman–Crippen MR) is 136 cm³/mol. The average Bonchev–Trinajstić information content (AvgIpc) is 3.21. The van der Waals surface area contributed by atoms with Crippen LogP contribution in [0.5, 0.6) is 5.75 Å². The first-order valence-electron chi connectivity index (χ1n) is 10.4. The van der Waals surface area contributed by atoms with Gasteiger partial charge in [-0.25, -0.2) is 4.79 Å². The molecule has 2 saturated heterocycles. The van der Waals surface area contributed by atoms with Gasteiger partial charge in [0.15, 0.2) is 11.7 Å². The number of amides is 1. The van der Waals surface area contributed by atoms with Gasteiger partial charge < -0.3 is 19.1 Å². The second kappa shape index (κ2) is 11.3. The van der Waals surface area contributed by atoms with Gasteiger partial charge in [-0.1, -0.05) is 80.7 Å². The third kappa shape index (κ3) is 5.96. The molecule has 0 aromatic heterocycles. The van der Waals surface area contributed by atoms with Crippen LogP contribution in [0.15, 0.2) is 46.7 Å². The first-order valence-corrected chi connectivity index (χ1v) is 13.5. The number of aliphatic imine (C=N–C) groups is 1. The fraction of sp³-hybridized carbons (Fsp3) is 0.476. The first kappa shape index (κ1) is 25.9. The Hall–Kier alpha value is -1.17. The van der Waals surface area contributed by atoms with Crippen LogP contribution in [0.25, 0.3) is 0 Å². The lowest BCUT2D eigenvalue weighted by molar-refractivity contribution is -0.150. The molecule has 0 spiro atoms. The summed E-state index contributed by atoms with van der Waals surface area (Å²) < 4.78 is 14.7. The lowest BCUT2D eigenvalue weighted by Gasteiger charge is -2.43. The zero-order chi connectivity index (χ0) is 24.3. The van der Waals surface area contributed by atoms with Crippen molar-refractivity contribution < 1.29 is 23.8 Å². The minimum atomic E-state index is -1.77. The molecular formula is C21H21BrCl3N3O5S. The maximum Gasteiger partial charge on any atom is 0.357 e. The van der Waals surface area contributed by atoms with Crippen LogP contribution in [0.2, 0.25) is 0 Å². The number of halogens is 4. The molecule has 1 aromatic rings. The number of para-hydroxylation sites is 1. The summed E-state index contributed by atoms with van der Waals surface area (Å²) in [6, 6.07) is 8.76. The summed E-state index contributed by atoms with van der Waals surface area (Å²) in [5.74, 6) is -0.327. The molecular weight excluding hydrogens is 593 g/mol. The number of esters is 1. The van der Waals surface area contributed by atoms with E-state index in [1.807, 2.05) is 35.2 Å². The average molecular weight is 614 g/mol. The summed E-state index contributed by atoms with van der Waals surface area (Å²) >= 11 is 22.2. The van der Waals surface area contributed by atoms with Gasteiger partial charge in [0.2, 0.25) is 3.79 Å². The quantitative estimate of drug-likeness (QED) is 0.192. The molecule has 3 heterocycles. The number of hydrogen-bond acceptors (Lipinski definition) is 8. The van der Waals surface area contributed by atoms with E-state index in [1.54, 1.807) is 0 Å². The molecule has 184 valence electrons. The number of allylic oxidation sites excluding steroid dienone is 1. The Kier molecular flexibility index (Phi) is 8.58. The van der Waals surface area contributed by atoms with Crippen LogP contribution in [0.1, 0.15) is 0 Å². The van der Waals surface area contributed by atoms with Gasteiger partial charge >= 0.3 is 5.97 Å². The zero-order valence-electron chi connectivity index (χ0n) is 17.8. The second-order valence-corrected chi connectivity index (χ2v) is 11.8. The second-order valence-electron chi connectivity index (χ2n) is 7.51. The van der Waals surface area contributed by atoms with Gasteiger partial charge in [0.05, 0.1) is 18.9 Å². The van der Waals surface area contributed by atoms with Crippen LogP contribution in [-0.2, 0) is 19.1 Å². The highest BCUT2D eigenvalue weighted by Gasteiger charge is 2.56. The van der Waals surface area contributed by atoms with Gasteiger partial charge in [-0.3, -0.25) is 14.7 Å². The number of alkyl halides is 4. The maximum absolute atomic E-state index is 13.2. The summed E-state index contributed by atoms with van der Waals surface area (Å²) in [4.78, 5) is 34.2. The van der Waals surface area contributed by atoms with E-state index in [0.29, 0.717) is 48.1 Å². The van der Waals surface area contributed by atoms with Gasteiger partial charge in [-0.2, -0.15) is 0 Å². The van der Waals surface area contributed by atoms with Crippen LogP contribution >= 0.6 is 62.5 Å². The molecule has 0 N–H and O–H groups in total. The van der Waals surface area contributed by atoms with Crippen molar-refractivity contribution in [1.82, 2.24) is 9.80 Å². The molecule has 0 bridgehead atoms. The van der Waals surface area contributed by atoms with Crippen LogP contribution in [0, 0.1) is 0 Å². The summed E-state index contributed by atoms with van der Waals surface area (Å²) in [6.07, 6.45) is 0. The monoisotopic (exact) mass is 611 g/mol. The fourth-order valence-corrected chi connectivity index (χ4v) is 5.67. The van der Waals surface area contributed by atoms with Gasteiger partial charge in [-0.05, 0) is 12.1 Å². The molecule has 1 amide bonds. The molecule has 2 fully saturated rings. The van der Waals surface area contributed by atoms with E-state index in [-0.39, 0.29) is 23.6 Å². The number of rotatable bonds is 8. The molecule has 2 atom stereocenters. The van der Waals surface area contributed by atoms with E-state index in [2.05, 4.69) is 20.9 Å². The molecule has 13 heteroatoms. The van der Waals surface area contributed by atoms with Crippen molar-refractivity contribution >= 4 is 79.4 Å². The van der Waals surface area contributed by atoms with Crippen molar-refractivity contribution in [2.24, 2.45) is 4.99 Å². The molecule has 2 unspecified atom stereocenters. The van der Waals surface area contributed by atoms with Crippen LogP contribution in [-0.4, -0.2) is 86.8 Å². The number of hydrogen-bond donors (Lipinski definition) is 0. The Labute approximate surface area is 224 Å². The Balaban J connectivity index is 1.54. The Morgan fingerprint density at radius 1 is 1.24 bits per heavy atom. The van der Waals surface area contributed by atoms with E-state index in [0.717, 1.165) is 0 Å². The van der Waals surface area contributed by atoms with Gasteiger partial charge in [0, 0.05) is 18.4 Å². The maximum atomic E-state index is 13.2. The highest BCUT2D eigenvalue weighted by atomic mass is 79.9.